The summed E-state index contributed by atoms with van der Waals surface area (Å²) in [4.78, 5) is 17.2. The van der Waals surface area contributed by atoms with Gasteiger partial charge in [-0.1, -0.05) is 6.07 Å². The molecule has 0 amide bonds. The van der Waals surface area contributed by atoms with Gasteiger partial charge in [-0.2, -0.15) is 0 Å². The zero-order valence-electron chi connectivity index (χ0n) is 14.0. The smallest absolute Gasteiger partial charge is 0.128 e. The summed E-state index contributed by atoms with van der Waals surface area (Å²) in [7, 11) is 0. The van der Waals surface area contributed by atoms with E-state index in [1.165, 1.54) is 5.56 Å². The molecule has 2 aromatic rings. The van der Waals surface area contributed by atoms with Crippen LogP contribution < -0.4 is 4.90 Å². The molecule has 0 aromatic carbocycles. The van der Waals surface area contributed by atoms with Gasteiger partial charge in [-0.25, -0.2) is 9.97 Å². The molecule has 24 heavy (non-hydrogen) atoms. The summed E-state index contributed by atoms with van der Waals surface area (Å²) >= 11 is 0. The van der Waals surface area contributed by atoms with Crippen molar-refractivity contribution in [1.29, 1.82) is 0 Å². The topological polar surface area (TPSA) is 57.3 Å². The zero-order chi connectivity index (χ0) is 16.2. The number of nitrogens with zero attached hydrogens (tertiary/aromatic N) is 4. The van der Waals surface area contributed by atoms with Crippen LogP contribution in [0.2, 0.25) is 0 Å². The lowest BCUT2D eigenvalue weighted by atomic mass is 9.96. The van der Waals surface area contributed by atoms with Gasteiger partial charge >= 0.3 is 0 Å². The van der Waals surface area contributed by atoms with Crippen LogP contribution in [0.25, 0.3) is 0 Å². The molecule has 4 heterocycles. The van der Waals surface area contributed by atoms with Crippen LogP contribution in [0.15, 0.2) is 30.7 Å². The number of pyridine rings is 1. The second-order valence-corrected chi connectivity index (χ2v) is 6.65. The highest BCUT2D eigenvalue weighted by molar-refractivity contribution is 5.40. The fraction of sp³-hybridized carbons (Fsp3) is 0.556. The third-order valence-corrected chi connectivity index (χ3v) is 5.04. The minimum Gasteiger partial charge on any atom is -0.379 e. The molecule has 2 aromatic heterocycles. The van der Waals surface area contributed by atoms with Crippen molar-refractivity contribution < 1.29 is 4.74 Å². The molecule has 0 spiro atoms. The van der Waals surface area contributed by atoms with Crippen LogP contribution in [0, 0.1) is 0 Å². The maximum atomic E-state index is 5.40. The molecular weight excluding hydrogens is 302 g/mol. The number of morpholine rings is 1. The largest absolute Gasteiger partial charge is 0.379 e. The number of rotatable bonds is 4. The standard InChI is InChI=1S/C18H25N5O/c1-2-17(21-13-15(1)14-22-9-11-24-12-10-22)23-7-3-16(4-8-23)18-19-5-6-20-18/h1-2,5-6,13,16H,3-4,7-12,14H2,(H,19,20). The monoisotopic (exact) mass is 327 g/mol. The Morgan fingerprint density at radius 1 is 1.08 bits per heavy atom. The summed E-state index contributed by atoms with van der Waals surface area (Å²) in [6.07, 6.45) is 8.05. The summed E-state index contributed by atoms with van der Waals surface area (Å²) in [6.45, 7) is 6.77. The maximum Gasteiger partial charge on any atom is 0.128 e. The van der Waals surface area contributed by atoms with Gasteiger partial charge in [0.1, 0.15) is 11.6 Å². The Kier molecular flexibility index (Phi) is 4.76. The van der Waals surface area contributed by atoms with Gasteiger partial charge in [0.15, 0.2) is 0 Å². The predicted octanol–water partition coefficient (Wildman–Crippen LogP) is 2.02. The molecule has 6 heteroatoms. The first kappa shape index (κ1) is 15.6. The lowest BCUT2D eigenvalue weighted by Crippen LogP contribution is -2.36. The van der Waals surface area contributed by atoms with Gasteiger partial charge in [0.25, 0.3) is 0 Å². The summed E-state index contributed by atoms with van der Waals surface area (Å²) in [5.74, 6) is 2.78. The van der Waals surface area contributed by atoms with Crippen LogP contribution in [0.1, 0.15) is 30.1 Å². The van der Waals surface area contributed by atoms with Crippen LogP contribution in [-0.4, -0.2) is 59.2 Å². The van der Waals surface area contributed by atoms with E-state index in [1.807, 2.05) is 18.6 Å². The summed E-state index contributed by atoms with van der Waals surface area (Å²) < 4.78 is 5.40. The molecule has 2 aliphatic rings. The summed E-state index contributed by atoms with van der Waals surface area (Å²) in [5, 5.41) is 0. The minimum absolute atomic E-state index is 0.553. The predicted molar refractivity (Wildman–Crippen MR) is 93.1 cm³/mol. The third kappa shape index (κ3) is 3.60. The molecular formula is C18H25N5O. The van der Waals surface area contributed by atoms with E-state index >= 15 is 0 Å². The van der Waals surface area contributed by atoms with Crippen molar-refractivity contribution in [3.63, 3.8) is 0 Å². The fourth-order valence-corrected chi connectivity index (χ4v) is 3.60. The number of nitrogens with one attached hydrogen (secondary N) is 1. The van der Waals surface area contributed by atoms with Crippen molar-refractivity contribution in [3.05, 3.63) is 42.1 Å². The molecule has 0 saturated carbocycles. The Morgan fingerprint density at radius 2 is 1.92 bits per heavy atom. The molecule has 6 nitrogen and oxygen atoms in total. The van der Waals surface area contributed by atoms with Crippen molar-refractivity contribution in [2.45, 2.75) is 25.3 Å². The van der Waals surface area contributed by atoms with Gasteiger partial charge in [-0.3, -0.25) is 4.90 Å². The van der Waals surface area contributed by atoms with Crippen LogP contribution in [-0.2, 0) is 11.3 Å². The van der Waals surface area contributed by atoms with Gasteiger partial charge < -0.3 is 14.6 Å². The molecule has 4 rings (SSSR count). The number of imidazole rings is 1. The highest BCUT2D eigenvalue weighted by Crippen LogP contribution is 2.27. The molecule has 0 aliphatic carbocycles. The van der Waals surface area contributed by atoms with Gasteiger partial charge in [0.05, 0.1) is 13.2 Å². The molecule has 2 fully saturated rings. The molecule has 0 atom stereocenters. The fourth-order valence-electron chi connectivity index (χ4n) is 3.60. The molecule has 0 radical (unpaired) electrons. The maximum absolute atomic E-state index is 5.40. The van der Waals surface area contributed by atoms with Crippen molar-refractivity contribution in [2.75, 3.05) is 44.3 Å². The van der Waals surface area contributed by atoms with E-state index in [9.17, 15) is 0 Å². The average Bonchev–Trinajstić information content (AvgIpc) is 3.18. The van der Waals surface area contributed by atoms with Crippen molar-refractivity contribution in [2.24, 2.45) is 0 Å². The van der Waals surface area contributed by atoms with E-state index in [2.05, 4.69) is 31.9 Å². The van der Waals surface area contributed by atoms with E-state index in [0.717, 1.165) is 70.4 Å². The van der Waals surface area contributed by atoms with E-state index in [4.69, 9.17) is 9.72 Å². The second-order valence-electron chi connectivity index (χ2n) is 6.65. The van der Waals surface area contributed by atoms with E-state index in [-0.39, 0.29) is 0 Å². The normalized spacial score (nSPS) is 20.4. The lowest BCUT2D eigenvalue weighted by molar-refractivity contribution is 0.0341. The number of hydrogen-bond acceptors (Lipinski definition) is 5. The Bertz CT molecular complexity index is 613. The Balaban J connectivity index is 1.32. The van der Waals surface area contributed by atoms with E-state index < -0.39 is 0 Å². The number of aromatic amines is 1. The highest BCUT2D eigenvalue weighted by Gasteiger charge is 2.23. The summed E-state index contributed by atoms with van der Waals surface area (Å²) in [6, 6.07) is 4.39. The number of H-pyrrole nitrogens is 1. The molecule has 2 aliphatic heterocycles. The van der Waals surface area contributed by atoms with E-state index in [0.29, 0.717) is 5.92 Å². The minimum atomic E-state index is 0.553. The van der Waals surface area contributed by atoms with Gasteiger partial charge in [-0.05, 0) is 24.5 Å². The zero-order valence-corrected chi connectivity index (χ0v) is 14.0. The first-order chi connectivity index (χ1) is 11.9. The van der Waals surface area contributed by atoms with Crippen molar-refractivity contribution >= 4 is 5.82 Å². The number of ether oxygens (including phenoxy) is 1. The SMILES string of the molecule is c1c[nH]c(C2CCN(c3ccc(CN4CCOCC4)cn3)CC2)n1. The van der Waals surface area contributed by atoms with Crippen LogP contribution in [0.3, 0.4) is 0 Å². The highest BCUT2D eigenvalue weighted by atomic mass is 16.5. The van der Waals surface area contributed by atoms with Gasteiger partial charge in [0.2, 0.25) is 0 Å². The van der Waals surface area contributed by atoms with Crippen LogP contribution in [0.5, 0.6) is 0 Å². The Labute approximate surface area is 142 Å². The second kappa shape index (κ2) is 7.32. The summed E-state index contributed by atoms with van der Waals surface area (Å²) in [5.41, 5.74) is 1.28. The first-order valence-electron chi connectivity index (χ1n) is 8.88. The number of anilines is 1. The van der Waals surface area contributed by atoms with Gasteiger partial charge in [0, 0.05) is 57.2 Å². The van der Waals surface area contributed by atoms with Crippen molar-refractivity contribution in [3.8, 4) is 0 Å². The molecule has 1 N–H and O–H groups in total. The molecule has 0 bridgehead atoms. The number of aromatic nitrogens is 3. The van der Waals surface area contributed by atoms with Gasteiger partial charge in [-0.15, -0.1) is 0 Å². The molecule has 0 unspecified atom stereocenters. The first-order valence-corrected chi connectivity index (χ1v) is 8.88. The lowest BCUT2D eigenvalue weighted by Gasteiger charge is -2.32. The van der Waals surface area contributed by atoms with Crippen LogP contribution in [0.4, 0.5) is 5.82 Å². The average molecular weight is 327 g/mol. The number of piperidine rings is 1. The Hall–Kier alpha value is -1.92. The molecule has 2 saturated heterocycles. The van der Waals surface area contributed by atoms with Crippen molar-refractivity contribution in [1.82, 2.24) is 19.9 Å². The molecule has 128 valence electrons. The third-order valence-electron chi connectivity index (χ3n) is 5.04. The number of hydrogen-bond donors (Lipinski definition) is 1. The quantitative estimate of drug-likeness (QED) is 0.931. The van der Waals surface area contributed by atoms with Crippen LogP contribution >= 0.6 is 0 Å². The Morgan fingerprint density at radius 3 is 2.58 bits per heavy atom. The van der Waals surface area contributed by atoms with E-state index in [1.54, 1.807) is 0 Å².